The van der Waals surface area contributed by atoms with Crippen LogP contribution in [0.4, 0.5) is 0 Å². The molecule has 2 aliphatic rings. The maximum atomic E-state index is 15.1. The number of hydroxylamine groups is 1. The van der Waals surface area contributed by atoms with E-state index >= 15 is 4.79 Å². The van der Waals surface area contributed by atoms with Gasteiger partial charge in [0.15, 0.2) is 5.96 Å². The SMILES string of the molecule is CCCC[C@H](NC(=O)[C@@H](NC(=O)[C@H](CC(N)=O)NC(=O)[C@H](CC(N)=O)NC(C)=O)C(C)O)C(=O)N[C@H]1CCC(=O)ONCCCC[C@@H](C(N)=O)NC(=O)[C@H](Cc2c[nH]c3ccccc23)NC(=O)[C@H](CCCN=C(N)N)NC(=O)[C@@H](Cc2ccccc2)NC(=O)[C@@H]2CC(O)CN2C1=O. The van der Waals surface area contributed by atoms with E-state index in [9.17, 15) is 72.5 Å². The van der Waals surface area contributed by atoms with Gasteiger partial charge in [0.25, 0.3) is 0 Å². The van der Waals surface area contributed by atoms with Gasteiger partial charge >= 0.3 is 5.97 Å². The zero-order chi connectivity index (χ0) is 71.5. The third-order valence-corrected chi connectivity index (χ3v) is 15.9. The number of para-hydroxylation sites is 1. The van der Waals surface area contributed by atoms with Crippen LogP contribution < -0.4 is 82.0 Å². The van der Waals surface area contributed by atoms with Crippen molar-refractivity contribution in [3.63, 3.8) is 0 Å². The minimum atomic E-state index is -1.94. The molecule has 35 nitrogen and oxygen atoms in total. The molecule has 12 atom stereocenters. The van der Waals surface area contributed by atoms with Crippen molar-refractivity contribution in [1.82, 2.24) is 63.2 Å². The number of nitrogens with one attached hydrogen (secondary N) is 11. The number of H-pyrrole nitrogens is 1. The highest BCUT2D eigenvalue weighted by atomic mass is 16.7. The highest BCUT2D eigenvalue weighted by molar-refractivity contribution is 6.01. The van der Waals surface area contributed by atoms with E-state index in [-0.39, 0.29) is 76.8 Å². The van der Waals surface area contributed by atoms with Crippen LogP contribution in [-0.2, 0) is 84.8 Å². The minimum absolute atomic E-state index is 0.00757. The molecule has 5 rings (SSSR count). The number of aromatic nitrogens is 1. The van der Waals surface area contributed by atoms with Crippen LogP contribution in [0.1, 0.15) is 115 Å². The largest absolute Gasteiger partial charge is 0.391 e. The summed E-state index contributed by atoms with van der Waals surface area (Å²) >= 11 is 0. The first-order valence-electron chi connectivity index (χ1n) is 31.8. The van der Waals surface area contributed by atoms with E-state index in [1.165, 1.54) is 0 Å². The van der Waals surface area contributed by atoms with Gasteiger partial charge in [0.1, 0.15) is 60.4 Å². The molecule has 3 heterocycles. The summed E-state index contributed by atoms with van der Waals surface area (Å²) in [7, 11) is 0. The molecule has 35 heteroatoms. The number of benzene rings is 2. The molecule has 2 saturated heterocycles. The molecule has 2 unspecified atom stereocenters. The molecule has 1 aromatic heterocycles. The standard InChI is InChI=1S/C62H90N18O17/c1-4-5-17-40(74-60(95)51(32(2)81)79-58(93)46(29-49(64)85)77-57(92)45(28-48(63)84)71-33(3)82)53(88)75-42-21-22-50(86)97-70-24-12-11-19-39(52(65)87)72-56(91)44(26-35-30-69-38-18-10-9-16-37(35)38)76-54(89)41(20-13-23-68-62(66)67)73-55(90)43(25-34-14-7-6-8-15-34)78-59(94)47-27-36(83)31-80(47)61(42)96/h6-10,14-16,18,30,32,36,39-47,51,69-70,81,83H,4-5,11-13,17,19-29,31H2,1-3H3,(H2,63,84)(H2,64,85)(H2,65,87)(H,71,82)(H,72,91)(H,73,90)(H,74,95)(H,75,88)(H,76,89)(H,77,92)(H,78,94)(H,79,93)(H4,66,67,68)/t32?,36?,39-,40-,41-,42-,43+,44-,45-,46-,47-,51-/m0/s1. The molecule has 3 aromatic rings. The number of primary amides is 3. The van der Waals surface area contributed by atoms with Crippen LogP contribution in [0.15, 0.2) is 65.8 Å². The van der Waals surface area contributed by atoms with Gasteiger partial charge in [0.2, 0.25) is 76.8 Å². The molecule has 0 bridgehead atoms. The van der Waals surface area contributed by atoms with Crippen LogP contribution in [0.25, 0.3) is 10.9 Å². The van der Waals surface area contributed by atoms with Gasteiger partial charge in [0.05, 0.1) is 25.0 Å². The van der Waals surface area contributed by atoms with E-state index in [2.05, 4.69) is 63.3 Å². The molecule has 0 radical (unpaired) electrons. The number of carbonyl (C=O) groups excluding carboxylic acids is 14. The number of unbranched alkanes of at least 4 members (excludes halogenated alkanes) is 1. The first-order valence-corrected chi connectivity index (χ1v) is 31.8. The van der Waals surface area contributed by atoms with Crippen LogP contribution in [0.3, 0.4) is 0 Å². The van der Waals surface area contributed by atoms with E-state index in [0.29, 0.717) is 17.5 Å². The molecule has 2 fully saturated rings. The van der Waals surface area contributed by atoms with Crippen LogP contribution in [-0.4, -0.2) is 201 Å². The lowest BCUT2D eigenvalue weighted by atomic mass is 10.0. The monoisotopic (exact) mass is 1360 g/mol. The Morgan fingerprint density at radius 3 is 1.96 bits per heavy atom. The van der Waals surface area contributed by atoms with Crippen molar-refractivity contribution in [2.75, 3.05) is 19.6 Å². The topological polar surface area (TPSA) is 570 Å². The highest BCUT2D eigenvalue weighted by Gasteiger charge is 2.44. The molecule has 530 valence electrons. The predicted molar refractivity (Wildman–Crippen MR) is 346 cm³/mol. The Kier molecular flexibility index (Phi) is 30.6. The summed E-state index contributed by atoms with van der Waals surface area (Å²) in [5, 5.41) is 45.2. The summed E-state index contributed by atoms with van der Waals surface area (Å²) in [6, 6.07) is -0.432. The maximum Gasteiger partial charge on any atom is 0.324 e. The second-order valence-electron chi connectivity index (χ2n) is 23.8. The van der Waals surface area contributed by atoms with Gasteiger partial charge in [-0.3, -0.25) is 72.1 Å². The number of carbonyl (C=O) groups is 14. The van der Waals surface area contributed by atoms with Gasteiger partial charge in [0, 0.05) is 69.3 Å². The number of nitrogens with zero attached hydrogens (tertiary/aromatic N) is 2. The zero-order valence-electron chi connectivity index (χ0n) is 54.2. The number of hydrogen-bond acceptors (Lipinski definition) is 19. The summed E-state index contributed by atoms with van der Waals surface area (Å²) < 4.78 is 0. The van der Waals surface area contributed by atoms with Crippen molar-refractivity contribution >= 4 is 99.6 Å². The number of rotatable bonds is 26. The smallest absolute Gasteiger partial charge is 0.324 e. The van der Waals surface area contributed by atoms with Crippen molar-refractivity contribution in [3.05, 3.63) is 71.9 Å². The van der Waals surface area contributed by atoms with Gasteiger partial charge in [-0.15, -0.1) is 0 Å². The molecule has 97 heavy (non-hydrogen) atoms. The Bertz CT molecular complexity index is 3310. The fraction of sp³-hybridized carbons (Fsp3) is 0.532. The molecule has 0 saturated carbocycles. The molecule has 0 spiro atoms. The van der Waals surface area contributed by atoms with E-state index in [1.54, 1.807) is 61.7 Å². The molecule has 2 aromatic carbocycles. The van der Waals surface area contributed by atoms with Crippen molar-refractivity contribution in [1.29, 1.82) is 0 Å². The summed E-state index contributed by atoms with van der Waals surface area (Å²) in [5.74, 6) is -14.3. The molecular formula is C62H90N18O17. The Morgan fingerprint density at radius 2 is 1.31 bits per heavy atom. The minimum Gasteiger partial charge on any atom is -0.391 e. The maximum absolute atomic E-state index is 15.1. The molecular weight excluding hydrogens is 1270 g/mol. The first kappa shape index (κ1) is 77.4. The predicted octanol–water partition coefficient (Wildman–Crippen LogP) is -5.83. The summed E-state index contributed by atoms with van der Waals surface area (Å²) in [4.78, 5) is 205. The average Bonchev–Trinajstić information content (AvgIpc) is 1.74. The average molecular weight is 1360 g/mol. The lowest BCUT2D eigenvalue weighted by molar-refractivity contribution is -0.152. The highest BCUT2D eigenvalue weighted by Crippen LogP contribution is 2.23. The fourth-order valence-corrected chi connectivity index (χ4v) is 10.9. The number of guanidine groups is 1. The molecule has 13 amide bonds. The second-order valence-corrected chi connectivity index (χ2v) is 23.8. The van der Waals surface area contributed by atoms with Crippen LogP contribution in [0, 0.1) is 0 Å². The van der Waals surface area contributed by atoms with Gasteiger partial charge in [-0.2, -0.15) is 5.48 Å². The van der Waals surface area contributed by atoms with Gasteiger partial charge < -0.3 is 101 Å². The van der Waals surface area contributed by atoms with Crippen molar-refractivity contribution in [2.24, 2.45) is 33.7 Å². The van der Waals surface area contributed by atoms with Crippen molar-refractivity contribution < 1.29 is 82.2 Å². The number of hydrogen-bond donors (Lipinski definition) is 18. The van der Waals surface area contributed by atoms with E-state index in [4.69, 9.17) is 33.5 Å². The normalized spacial score (nSPS) is 21.8. The van der Waals surface area contributed by atoms with Crippen LogP contribution in [0.2, 0.25) is 0 Å². The lowest BCUT2D eigenvalue weighted by Gasteiger charge is -2.31. The third-order valence-electron chi connectivity index (χ3n) is 15.9. The number of aromatic amines is 1. The van der Waals surface area contributed by atoms with Crippen LogP contribution >= 0.6 is 0 Å². The van der Waals surface area contributed by atoms with Crippen molar-refractivity contribution in [3.8, 4) is 0 Å². The Hall–Kier alpha value is -10.3. The van der Waals surface area contributed by atoms with Crippen molar-refractivity contribution in [2.45, 2.75) is 190 Å². The molecule has 2 aliphatic heterocycles. The Morgan fingerprint density at radius 1 is 0.701 bits per heavy atom. The molecule has 0 aliphatic carbocycles. The number of amides is 13. The Balaban J connectivity index is 1.50. The summed E-state index contributed by atoms with van der Waals surface area (Å²) in [6.45, 7) is 3.32. The summed E-state index contributed by atoms with van der Waals surface area (Å²) in [5.41, 5.74) is 32.0. The van der Waals surface area contributed by atoms with E-state index < -0.39 is 194 Å². The number of aliphatic hydroxyl groups excluding tert-OH is 2. The zero-order valence-corrected chi connectivity index (χ0v) is 54.2. The quantitative estimate of drug-likeness (QED) is 0.0202. The lowest BCUT2D eigenvalue weighted by Crippen LogP contribution is -2.62. The number of fused-ring (bicyclic) bond motifs is 2. The van der Waals surface area contributed by atoms with Gasteiger partial charge in [-0.1, -0.05) is 68.3 Å². The first-order chi connectivity index (χ1) is 46.0. The summed E-state index contributed by atoms with van der Waals surface area (Å²) in [6.07, 6.45) is -4.13. The van der Waals surface area contributed by atoms with Gasteiger partial charge in [-0.05, 0) is 69.1 Å². The van der Waals surface area contributed by atoms with Gasteiger partial charge in [-0.25, -0.2) is 0 Å². The third kappa shape index (κ3) is 25.1. The van der Waals surface area contributed by atoms with E-state index in [1.807, 2.05) is 6.07 Å². The second kappa shape index (κ2) is 38.3. The molecule has 23 N–H and O–H groups in total. The van der Waals surface area contributed by atoms with E-state index in [0.717, 1.165) is 29.7 Å². The number of aliphatic hydroxyl groups is 2. The fourth-order valence-electron chi connectivity index (χ4n) is 10.9. The van der Waals surface area contributed by atoms with Crippen LogP contribution in [0.5, 0.6) is 0 Å². The number of aliphatic imine (C=N–C) groups is 1. The Labute approximate surface area is 558 Å². The number of nitrogens with two attached hydrogens (primary N) is 5.